The summed E-state index contributed by atoms with van der Waals surface area (Å²) in [7, 11) is 0. The highest BCUT2D eigenvalue weighted by atomic mass is 79.9. The first-order chi connectivity index (χ1) is 8.66. The van der Waals surface area contributed by atoms with Crippen molar-refractivity contribution in [1.82, 2.24) is 0 Å². The van der Waals surface area contributed by atoms with Gasteiger partial charge in [0.25, 0.3) is 0 Å². The molecule has 0 saturated heterocycles. The smallest absolute Gasteiger partial charge is 0.0843 e. The molecule has 0 spiro atoms. The summed E-state index contributed by atoms with van der Waals surface area (Å²) in [4.78, 5) is 1.24. The van der Waals surface area contributed by atoms with E-state index in [0.717, 1.165) is 27.5 Å². The molecule has 2 aromatic rings. The van der Waals surface area contributed by atoms with Gasteiger partial charge in [-0.1, -0.05) is 30.3 Å². The van der Waals surface area contributed by atoms with Gasteiger partial charge in [0.15, 0.2) is 0 Å². The van der Waals surface area contributed by atoms with Gasteiger partial charge in [-0.15, -0.1) is 11.3 Å². The Morgan fingerprint density at radius 3 is 2.50 bits per heavy atom. The molecule has 0 saturated carbocycles. The van der Waals surface area contributed by atoms with Crippen LogP contribution < -0.4 is 5.73 Å². The summed E-state index contributed by atoms with van der Waals surface area (Å²) in [6.45, 7) is 0. The fraction of sp³-hybridized carbons (Fsp3) is 0.286. The number of hydrogen-bond donors (Lipinski definition) is 1. The molecule has 1 unspecified atom stereocenters. The minimum atomic E-state index is 0.140. The van der Waals surface area contributed by atoms with Crippen LogP contribution in [0.1, 0.15) is 29.3 Å². The molecule has 18 heavy (non-hydrogen) atoms. The fourth-order valence-electron chi connectivity index (χ4n) is 1.86. The summed E-state index contributed by atoms with van der Waals surface area (Å²) in [5, 5.41) is 0. The lowest BCUT2D eigenvalue weighted by Crippen LogP contribution is -2.08. The van der Waals surface area contributed by atoms with Crippen LogP contribution in [0.5, 0.6) is 0 Å². The molecule has 1 nitrogen and oxygen atoms in total. The first kappa shape index (κ1) is 14.3. The van der Waals surface area contributed by atoms with Crippen molar-refractivity contribution < 1.29 is 0 Å². The molecule has 0 aliphatic rings. The second-order valence-corrected chi connectivity index (χ2v) is 7.51. The highest BCUT2D eigenvalue weighted by Crippen LogP contribution is 2.35. The predicted octanol–water partition coefficient (Wildman–Crippen LogP) is 5.30. The Balaban J connectivity index is 1.83. The zero-order chi connectivity index (χ0) is 13.0. The van der Waals surface area contributed by atoms with E-state index >= 15 is 0 Å². The SMILES string of the molecule is NC(CCCc1ccccc1)c1cc(Br)c(Br)s1. The van der Waals surface area contributed by atoms with Crippen molar-refractivity contribution in [2.75, 3.05) is 0 Å². The maximum atomic E-state index is 6.21. The van der Waals surface area contributed by atoms with Crippen LogP contribution in [-0.2, 0) is 6.42 Å². The third-order valence-electron chi connectivity index (χ3n) is 2.85. The van der Waals surface area contributed by atoms with Crippen molar-refractivity contribution in [3.05, 3.63) is 55.1 Å². The van der Waals surface area contributed by atoms with E-state index in [1.54, 1.807) is 11.3 Å². The minimum Gasteiger partial charge on any atom is -0.323 e. The maximum absolute atomic E-state index is 6.21. The maximum Gasteiger partial charge on any atom is 0.0843 e. The molecule has 1 atom stereocenters. The number of halogens is 2. The van der Waals surface area contributed by atoms with Crippen LogP contribution in [0.2, 0.25) is 0 Å². The molecule has 96 valence electrons. The van der Waals surface area contributed by atoms with Crippen molar-refractivity contribution in [2.45, 2.75) is 25.3 Å². The minimum absolute atomic E-state index is 0.140. The first-order valence-electron chi connectivity index (χ1n) is 5.91. The predicted molar refractivity (Wildman–Crippen MR) is 86.0 cm³/mol. The van der Waals surface area contributed by atoms with Crippen LogP contribution in [-0.4, -0.2) is 0 Å². The Kier molecular flexibility index (Phi) is 5.42. The monoisotopic (exact) mass is 387 g/mol. The molecule has 1 aromatic heterocycles. The molecular formula is C14H15Br2NS. The average Bonchev–Trinajstić information content (AvgIpc) is 2.71. The normalized spacial score (nSPS) is 12.6. The van der Waals surface area contributed by atoms with E-state index in [9.17, 15) is 0 Å². The van der Waals surface area contributed by atoms with Crippen molar-refractivity contribution in [1.29, 1.82) is 0 Å². The molecule has 0 aliphatic carbocycles. The summed E-state index contributed by atoms with van der Waals surface area (Å²) in [6, 6.07) is 12.8. The van der Waals surface area contributed by atoms with E-state index in [-0.39, 0.29) is 6.04 Å². The third-order valence-corrected chi connectivity index (χ3v) is 6.24. The second kappa shape index (κ2) is 6.85. The van der Waals surface area contributed by atoms with Crippen LogP contribution in [0.15, 0.2) is 44.7 Å². The lowest BCUT2D eigenvalue weighted by Gasteiger charge is -2.09. The van der Waals surface area contributed by atoms with Crippen LogP contribution in [0, 0.1) is 0 Å². The molecule has 0 amide bonds. The zero-order valence-corrected chi connectivity index (χ0v) is 13.9. The molecule has 0 bridgehead atoms. The molecule has 1 aromatic carbocycles. The van der Waals surface area contributed by atoms with Gasteiger partial charge in [0, 0.05) is 15.4 Å². The van der Waals surface area contributed by atoms with Gasteiger partial charge in [-0.25, -0.2) is 0 Å². The molecule has 0 radical (unpaired) electrons. The van der Waals surface area contributed by atoms with E-state index in [1.807, 2.05) is 0 Å². The van der Waals surface area contributed by atoms with Gasteiger partial charge in [0.1, 0.15) is 0 Å². The van der Waals surface area contributed by atoms with Crippen LogP contribution in [0.4, 0.5) is 0 Å². The zero-order valence-electron chi connectivity index (χ0n) is 9.90. The van der Waals surface area contributed by atoms with Crippen molar-refractivity contribution in [2.24, 2.45) is 5.73 Å². The van der Waals surface area contributed by atoms with E-state index in [1.165, 1.54) is 10.4 Å². The Labute approximate surface area is 129 Å². The van der Waals surface area contributed by atoms with Gasteiger partial charge in [-0.05, 0) is 62.8 Å². The Bertz CT molecular complexity index is 476. The lowest BCUT2D eigenvalue weighted by atomic mass is 10.0. The number of hydrogen-bond acceptors (Lipinski definition) is 2. The summed E-state index contributed by atoms with van der Waals surface area (Å²) < 4.78 is 2.22. The van der Waals surface area contributed by atoms with Crippen LogP contribution in [0.3, 0.4) is 0 Å². The summed E-state index contributed by atoms with van der Waals surface area (Å²) in [5.74, 6) is 0. The molecule has 4 heteroatoms. The molecule has 0 fully saturated rings. The number of nitrogens with two attached hydrogens (primary N) is 1. The Morgan fingerprint density at radius 1 is 1.17 bits per heavy atom. The molecular weight excluding hydrogens is 374 g/mol. The quantitative estimate of drug-likeness (QED) is 0.739. The molecule has 1 heterocycles. The van der Waals surface area contributed by atoms with Gasteiger partial charge in [-0.2, -0.15) is 0 Å². The van der Waals surface area contributed by atoms with Gasteiger partial charge < -0.3 is 5.73 Å². The standard InChI is InChI=1S/C14H15Br2NS/c15-11-9-13(18-14(11)16)12(17)8-4-7-10-5-2-1-3-6-10/h1-3,5-6,9,12H,4,7-8,17H2. The number of thiophene rings is 1. The fourth-order valence-corrected chi connectivity index (χ4v) is 3.98. The van der Waals surface area contributed by atoms with Crippen LogP contribution >= 0.6 is 43.2 Å². The van der Waals surface area contributed by atoms with Gasteiger partial charge in [-0.3, -0.25) is 0 Å². The van der Waals surface area contributed by atoms with Crippen molar-refractivity contribution in [3.63, 3.8) is 0 Å². The van der Waals surface area contributed by atoms with Crippen LogP contribution in [0.25, 0.3) is 0 Å². The van der Waals surface area contributed by atoms with E-state index in [4.69, 9.17) is 5.73 Å². The lowest BCUT2D eigenvalue weighted by molar-refractivity contribution is 0.619. The van der Waals surface area contributed by atoms with E-state index < -0.39 is 0 Å². The van der Waals surface area contributed by atoms with Gasteiger partial charge in [0.2, 0.25) is 0 Å². The Morgan fingerprint density at radius 2 is 1.89 bits per heavy atom. The van der Waals surface area contributed by atoms with Gasteiger partial charge in [0.05, 0.1) is 3.79 Å². The molecule has 2 N–H and O–H groups in total. The number of benzene rings is 1. The largest absolute Gasteiger partial charge is 0.323 e. The molecule has 2 rings (SSSR count). The summed E-state index contributed by atoms with van der Waals surface area (Å²) >= 11 is 8.72. The number of rotatable bonds is 5. The topological polar surface area (TPSA) is 26.0 Å². The highest BCUT2D eigenvalue weighted by Gasteiger charge is 2.11. The van der Waals surface area contributed by atoms with Gasteiger partial charge >= 0.3 is 0 Å². The van der Waals surface area contributed by atoms with Crippen molar-refractivity contribution in [3.8, 4) is 0 Å². The summed E-state index contributed by atoms with van der Waals surface area (Å²) in [6.07, 6.45) is 3.24. The van der Waals surface area contributed by atoms with E-state index in [0.29, 0.717) is 0 Å². The molecule has 0 aliphatic heterocycles. The summed E-state index contributed by atoms with van der Waals surface area (Å²) in [5.41, 5.74) is 7.60. The highest BCUT2D eigenvalue weighted by molar-refractivity contribution is 9.13. The number of aryl methyl sites for hydroxylation is 1. The van der Waals surface area contributed by atoms with Crippen molar-refractivity contribution >= 4 is 43.2 Å². The first-order valence-corrected chi connectivity index (χ1v) is 8.31. The average molecular weight is 389 g/mol. The second-order valence-electron chi connectivity index (χ2n) is 4.25. The van der Waals surface area contributed by atoms with E-state index in [2.05, 4.69) is 68.3 Å². The Hall–Kier alpha value is -0.160. The third kappa shape index (κ3) is 3.92.